The minimum absolute atomic E-state index is 0.103. The zero-order valence-corrected chi connectivity index (χ0v) is 12.5. The minimum Gasteiger partial charge on any atom is -0.361 e. The monoisotopic (exact) mass is 289 g/mol. The zero-order chi connectivity index (χ0) is 15.0. The Kier molecular flexibility index (Phi) is 3.48. The average molecular weight is 289 g/mol. The zero-order valence-electron chi connectivity index (χ0n) is 12.5. The van der Waals surface area contributed by atoms with Gasteiger partial charge in [0.2, 0.25) is 0 Å². The van der Waals surface area contributed by atoms with Crippen LogP contribution in [-0.4, -0.2) is 25.8 Å². The topological polar surface area (TPSA) is 85.8 Å². The maximum absolute atomic E-state index is 12.5. The predicted molar refractivity (Wildman–Crippen MR) is 74.6 cm³/mol. The maximum atomic E-state index is 12.5. The van der Waals surface area contributed by atoms with Crippen molar-refractivity contribution in [3.05, 3.63) is 29.2 Å². The average Bonchev–Trinajstić information content (AvgIpc) is 3.10. The largest absolute Gasteiger partial charge is 0.361 e. The van der Waals surface area contributed by atoms with Gasteiger partial charge in [0.1, 0.15) is 23.5 Å². The molecule has 112 valence electrons. The van der Waals surface area contributed by atoms with Gasteiger partial charge in [-0.1, -0.05) is 5.16 Å². The molecule has 1 unspecified atom stereocenters. The van der Waals surface area contributed by atoms with Crippen molar-refractivity contribution in [2.75, 3.05) is 0 Å². The van der Waals surface area contributed by atoms with Crippen LogP contribution in [0.4, 0.5) is 0 Å². The summed E-state index contributed by atoms with van der Waals surface area (Å²) in [4.78, 5) is 16.8. The number of rotatable bonds is 5. The molecule has 0 bridgehead atoms. The molecule has 2 aromatic heterocycles. The number of carbonyl (C=O) groups is 1. The highest BCUT2D eigenvalue weighted by molar-refractivity contribution is 5.96. The van der Waals surface area contributed by atoms with Crippen LogP contribution in [0.15, 0.2) is 10.9 Å². The molecule has 7 heteroatoms. The van der Waals surface area contributed by atoms with Gasteiger partial charge in [0.25, 0.3) is 5.91 Å². The van der Waals surface area contributed by atoms with Crippen LogP contribution in [0, 0.1) is 19.8 Å². The van der Waals surface area contributed by atoms with Crippen LogP contribution in [0.1, 0.15) is 53.4 Å². The third-order valence-corrected chi connectivity index (χ3v) is 3.86. The van der Waals surface area contributed by atoms with Crippen LogP contribution in [0.2, 0.25) is 0 Å². The number of hydrogen-bond donors (Lipinski definition) is 1. The smallest absolute Gasteiger partial charge is 0.257 e. The number of carbonyl (C=O) groups excluding carboxylic acids is 1. The lowest BCUT2D eigenvalue weighted by atomic mass is 10.1. The van der Waals surface area contributed by atoms with Gasteiger partial charge < -0.3 is 9.84 Å². The molecule has 0 radical (unpaired) electrons. The number of hydrogen-bond acceptors (Lipinski definition) is 5. The van der Waals surface area contributed by atoms with Crippen LogP contribution in [0.5, 0.6) is 0 Å². The van der Waals surface area contributed by atoms with E-state index < -0.39 is 0 Å². The van der Waals surface area contributed by atoms with Gasteiger partial charge in [0, 0.05) is 6.54 Å². The molecule has 0 spiro atoms. The summed E-state index contributed by atoms with van der Waals surface area (Å²) in [6.07, 6.45) is 3.74. The number of aryl methyl sites for hydroxylation is 3. The van der Waals surface area contributed by atoms with E-state index in [1.54, 1.807) is 13.8 Å². The van der Waals surface area contributed by atoms with Crippen molar-refractivity contribution >= 4 is 5.91 Å². The molecular formula is C14H19N5O2. The second-order valence-electron chi connectivity index (χ2n) is 5.42. The van der Waals surface area contributed by atoms with Crippen molar-refractivity contribution in [1.29, 1.82) is 0 Å². The van der Waals surface area contributed by atoms with E-state index in [0.717, 1.165) is 25.2 Å². The molecule has 1 aliphatic carbocycles. The van der Waals surface area contributed by atoms with Gasteiger partial charge in [-0.15, -0.1) is 0 Å². The summed E-state index contributed by atoms with van der Waals surface area (Å²) in [6, 6.07) is -0.103. The van der Waals surface area contributed by atoms with E-state index in [9.17, 15) is 4.79 Å². The van der Waals surface area contributed by atoms with Crippen LogP contribution >= 0.6 is 0 Å². The molecule has 1 atom stereocenters. The van der Waals surface area contributed by atoms with E-state index in [1.807, 2.05) is 11.6 Å². The number of amides is 1. The molecule has 0 aliphatic heterocycles. The quantitative estimate of drug-likeness (QED) is 0.906. The van der Waals surface area contributed by atoms with Gasteiger partial charge in [-0.3, -0.25) is 4.79 Å². The Hall–Kier alpha value is -2.18. The molecule has 3 rings (SSSR count). The van der Waals surface area contributed by atoms with Gasteiger partial charge >= 0.3 is 0 Å². The molecule has 21 heavy (non-hydrogen) atoms. The summed E-state index contributed by atoms with van der Waals surface area (Å²) < 4.78 is 6.90. The lowest BCUT2D eigenvalue weighted by Gasteiger charge is -2.18. The van der Waals surface area contributed by atoms with Crippen molar-refractivity contribution < 1.29 is 9.32 Å². The van der Waals surface area contributed by atoms with E-state index >= 15 is 0 Å². The van der Waals surface area contributed by atoms with E-state index in [1.165, 1.54) is 6.33 Å². The number of nitrogens with zero attached hydrogens (tertiary/aromatic N) is 4. The first kappa shape index (κ1) is 13.8. The van der Waals surface area contributed by atoms with Crippen LogP contribution in [-0.2, 0) is 6.54 Å². The lowest BCUT2D eigenvalue weighted by Crippen LogP contribution is -2.32. The molecule has 7 nitrogen and oxygen atoms in total. The van der Waals surface area contributed by atoms with Crippen LogP contribution < -0.4 is 5.32 Å². The number of aromatic nitrogens is 4. The van der Waals surface area contributed by atoms with Crippen molar-refractivity contribution in [2.45, 2.75) is 46.2 Å². The van der Waals surface area contributed by atoms with Crippen molar-refractivity contribution in [2.24, 2.45) is 5.92 Å². The summed E-state index contributed by atoms with van der Waals surface area (Å²) in [5.41, 5.74) is 1.12. The van der Waals surface area contributed by atoms with Crippen LogP contribution in [0.3, 0.4) is 0 Å². The molecule has 1 N–H and O–H groups in total. The van der Waals surface area contributed by atoms with Crippen LogP contribution in [0.25, 0.3) is 0 Å². The van der Waals surface area contributed by atoms with E-state index in [-0.39, 0.29) is 11.9 Å². The second kappa shape index (κ2) is 5.31. The van der Waals surface area contributed by atoms with E-state index in [2.05, 4.69) is 20.6 Å². The molecule has 1 fully saturated rings. The fourth-order valence-corrected chi connectivity index (χ4v) is 2.60. The van der Waals surface area contributed by atoms with E-state index in [4.69, 9.17) is 4.52 Å². The third kappa shape index (κ3) is 2.55. The van der Waals surface area contributed by atoms with Gasteiger partial charge in [0.05, 0.1) is 11.7 Å². The first-order chi connectivity index (χ1) is 10.1. The van der Waals surface area contributed by atoms with Crippen molar-refractivity contribution in [3.63, 3.8) is 0 Å². The Bertz CT molecular complexity index is 637. The Morgan fingerprint density at radius 2 is 2.29 bits per heavy atom. The minimum atomic E-state index is -0.159. The fourth-order valence-electron chi connectivity index (χ4n) is 2.60. The lowest BCUT2D eigenvalue weighted by molar-refractivity contribution is 0.0926. The highest BCUT2D eigenvalue weighted by Crippen LogP contribution is 2.40. The summed E-state index contributed by atoms with van der Waals surface area (Å²) >= 11 is 0. The highest BCUT2D eigenvalue weighted by Gasteiger charge is 2.37. The Labute approximate surface area is 122 Å². The van der Waals surface area contributed by atoms with Gasteiger partial charge in [0.15, 0.2) is 0 Å². The SMILES string of the molecule is CCn1ncnc1C(NC(=O)c1c(C)noc1C)C1CC1. The molecule has 2 aromatic rings. The molecule has 1 amide bonds. The standard InChI is InChI=1S/C14H19N5O2/c1-4-19-13(15-7-16-19)12(10-5-6-10)17-14(20)11-8(2)18-21-9(11)3/h7,10,12H,4-6H2,1-3H3,(H,17,20). The molecule has 0 aromatic carbocycles. The summed E-state index contributed by atoms with van der Waals surface area (Å²) in [7, 11) is 0. The van der Waals surface area contributed by atoms with Gasteiger partial charge in [-0.2, -0.15) is 5.10 Å². The molecule has 2 heterocycles. The molecule has 1 saturated carbocycles. The highest BCUT2D eigenvalue weighted by atomic mass is 16.5. The van der Waals surface area contributed by atoms with E-state index in [0.29, 0.717) is 22.9 Å². The fraction of sp³-hybridized carbons (Fsp3) is 0.571. The predicted octanol–water partition coefficient (Wildman–Crippen LogP) is 1.78. The second-order valence-corrected chi connectivity index (χ2v) is 5.42. The maximum Gasteiger partial charge on any atom is 0.257 e. The van der Waals surface area contributed by atoms with Crippen molar-refractivity contribution in [3.8, 4) is 0 Å². The Morgan fingerprint density at radius 3 is 2.86 bits per heavy atom. The third-order valence-electron chi connectivity index (χ3n) is 3.86. The Morgan fingerprint density at radius 1 is 1.52 bits per heavy atom. The van der Waals surface area contributed by atoms with Crippen molar-refractivity contribution in [1.82, 2.24) is 25.2 Å². The number of nitrogens with one attached hydrogen (secondary N) is 1. The molecular weight excluding hydrogens is 270 g/mol. The normalized spacial score (nSPS) is 16.0. The summed E-state index contributed by atoms with van der Waals surface area (Å²) in [5.74, 6) is 1.63. The molecule has 0 saturated heterocycles. The summed E-state index contributed by atoms with van der Waals surface area (Å²) in [6.45, 7) is 6.26. The first-order valence-corrected chi connectivity index (χ1v) is 7.23. The molecule has 1 aliphatic rings. The van der Waals surface area contributed by atoms with Gasteiger partial charge in [-0.25, -0.2) is 9.67 Å². The Balaban J connectivity index is 1.85. The first-order valence-electron chi connectivity index (χ1n) is 7.23. The summed E-state index contributed by atoms with van der Waals surface area (Å²) in [5, 5.41) is 11.1. The van der Waals surface area contributed by atoms with Gasteiger partial charge in [-0.05, 0) is 39.5 Å².